The molecular formula is C20H19Cl2NO4. The zero-order chi connectivity index (χ0) is 19.8. The molecule has 5 nitrogen and oxygen atoms in total. The van der Waals surface area contributed by atoms with Gasteiger partial charge in [0.1, 0.15) is 0 Å². The summed E-state index contributed by atoms with van der Waals surface area (Å²) in [5.74, 6) is 0.486. The number of methoxy groups -OCH3 is 1. The molecule has 27 heavy (non-hydrogen) atoms. The van der Waals surface area contributed by atoms with Crippen LogP contribution in [-0.4, -0.2) is 32.0 Å². The molecule has 2 aromatic carbocycles. The maximum Gasteiger partial charge on any atom is 0.257 e. The van der Waals surface area contributed by atoms with Crippen LogP contribution in [0.25, 0.3) is 6.08 Å². The van der Waals surface area contributed by atoms with Crippen LogP contribution < -0.4 is 14.8 Å². The lowest BCUT2D eigenvalue weighted by atomic mass is 10.1. The van der Waals surface area contributed by atoms with Gasteiger partial charge in [0.15, 0.2) is 23.9 Å². The molecule has 1 amide bonds. The molecule has 0 saturated carbocycles. The van der Waals surface area contributed by atoms with Crippen molar-refractivity contribution in [1.29, 1.82) is 0 Å². The number of allylic oxidation sites excluding steroid dienone is 1. The van der Waals surface area contributed by atoms with Gasteiger partial charge in [-0.3, -0.25) is 9.59 Å². The second-order valence-corrected chi connectivity index (χ2v) is 6.29. The zero-order valence-corrected chi connectivity index (χ0v) is 16.4. The van der Waals surface area contributed by atoms with Gasteiger partial charge < -0.3 is 14.8 Å². The molecule has 0 aliphatic carbocycles. The van der Waals surface area contributed by atoms with E-state index in [1.54, 1.807) is 36.4 Å². The fourth-order valence-electron chi connectivity index (χ4n) is 2.22. The Kier molecular flexibility index (Phi) is 7.70. The highest BCUT2D eigenvalue weighted by atomic mass is 35.5. The second kappa shape index (κ2) is 10.00. The molecule has 2 rings (SSSR count). The smallest absolute Gasteiger partial charge is 0.257 e. The molecule has 7 heteroatoms. The van der Waals surface area contributed by atoms with Crippen molar-refractivity contribution in [2.24, 2.45) is 0 Å². The van der Waals surface area contributed by atoms with Crippen LogP contribution in [-0.2, 0) is 4.79 Å². The number of ether oxygens (including phenoxy) is 2. The average molecular weight is 408 g/mol. The lowest BCUT2D eigenvalue weighted by Crippen LogP contribution is -2.28. The SMILES string of the molecule is CCNC(=O)COc1ccc(/C=C/C(=O)c2ccc(Cl)c(Cl)c2)cc1OC. The number of carbonyl (C=O) groups excluding carboxylic acids is 2. The molecule has 0 bridgehead atoms. The van der Waals surface area contributed by atoms with E-state index in [4.69, 9.17) is 32.7 Å². The molecule has 0 aliphatic rings. The second-order valence-electron chi connectivity index (χ2n) is 5.48. The summed E-state index contributed by atoms with van der Waals surface area (Å²) in [5.41, 5.74) is 1.18. The van der Waals surface area contributed by atoms with Crippen LogP contribution in [0.3, 0.4) is 0 Å². The highest BCUT2D eigenvalue weighted by Crippen LogP contribution is 2.29. The molecule has 1 N–H and O–H groups in total. The van der Waals surface area contributed by atoms with E-state index in [2.05, 4.69) is 5.32 Å². The van der Waals surface area contributed by atoms with E-state index in [-0.39, 0.29) is 18.3 Å². The number of carbonyl (C=O) groups is 2. The zero-order valence-electron chi connectivity index (χ0n) is 14.9. The minimum Gasteiger partial charge on any atom is -0.493 e. The topological polar surface area (TPSA) is 64.6 Å². The number of benzene rings is 2. The predicted molar refractivity (Wildman–Crippen MR) is 107 cm³/mol. The van der Waals surface area contributed by atoms with Crippen molar-refractivity contribution < 1.29 is 19.1 Å². The molecule has 0 atom stereocenters. The molecule has 142 valence electrons. The molecule has 0 radical (unpaired) electrons. The first kappa shape index (κ1) is 20.8. The van der Waals surface area contributed by atoms with Gasteiger partial charge in [-0.1, -0.05) is 35.3 Å². The van der Waals surface area contributed by atoms with E-state index in [1.807, 2.05) is 6.92 Å². The molecule has 0 aliphatic heterocycles. The highest BCUT2D eigenvalue weighted by Gasteiger charge is 2.09. The Morgan fingerprint density at radius 3 is 2.52 bits per heavy atom. The summed E-state index contributed by atoms with van der Waals surface area (Å²) in [4.78, 5) is 23.7. The van der Waals surface area contributed by atoms with Crippen molar-refractivity contribution in [2.45, 2.75) is 6.92 Å². The number of halogens is 2. The Hall–Kier alpha value is -2.50. The van der Waals surface area contributed by atoms with E-state index in [0.29, 0.717) is 33.7 Å². The Morgan fingerprint density at radius 2 is 1.85 bits per heavy atom. The lowest BCUT2D eigenvalue weighted by Gasteiger charge is -2.11. The third-order valence-corrected chi connectivity index (χ3v) is 4.29. The van der Waals surface area contributed by atoms with Gasteiger partial charge in [0.2, 0.25) is 0 Å². The largest absolute Gasteiger partial charge is 0.493 e. The van der Waals surface area contributed by atoms with Crippen molar-refractivity contribution in [1.82, 2.24) is 5.32 Å². The first-order valence-corrected chi connectivity index (χ1v) is 8.95. The van der Waals surface area contributed by atoms with E-state index in [1.165, 1.54) is 19.3 Å². The Balaban J connectivity index is 2.09. The fraction of sp³-hybridized carbons (Fsp3) is 0.200. The third-order valence-electron chi connectivity index (χ3n) is 3.55. The summed E-state index contributed by atoms with van der Waals surface area (Å²) < 4.78 is 10.8. The average Bonchev–Trinajstić information content (AvgIpc) is 2.67. The standard InChI is InChI=1S/C20H19Cl2NO4/c1-3-23-20(25)12-27-18-9-5-13(10-19(18)26-2)4-8-17(24)14-6-7-15(21)16(22)11-14/h4-11H,3,12H2,1-2H3,(H,23,25)/b8-4+. The number of likely N-dealkylation sites (N-methyl/N-ethyl adjacent to an activating group) is 1. The predicted octanol–water partition coefficient (Wildman–Crippen LogP) is 4.41. The van der Waals surface area contributed by atoms with Gasteiger partial charge in [0, 0.05) is 12.1 Å². The van der Waals surface area contributed by atoms with E-state index in [9.17, 15) is 9.59 Å². The molecule has 0 fully saturated rings. The number of rotatable bonds is 8. The Labute approximate surface area is 167 Å². The summed E-state index contributed by atoms with van der Waals surface area (Å²) in [7, 11) is 1.50. The molecule has 0 unspecified atom stereocenters. The third kappa shape index (κ3) is 6.01. The van der Waals surface area contributed by atoms with Crippen molar-refractivity contribution >= 4 is 41.0 Å². The number of nitrogens with one attached hydrogen (secondary N) is 1. The van der Waals surface area contributed by atoms with Gasteiger partial charge in [0.05, 0.1) is 17.2 Å². The quantitative estimate of drug-likeness (QED) is 0.519. The molecule has 2 aromatic rings. The fourth-order valence-corrected chi connectivity index (χ4v) is 2.51. The van der Waals surface area contributed by atoms with Gasteiger partial charge >= 0.3 is 0 Å². The van der Waals surface area contributed by atoms with Crippen molar-refractivity contribution in [3.05, 3.63) is 63.6 Å². The van der Waals surface area contributed by atoms with E-state index >= 15 is 0 Å². The van der Waals surface area contributed by atoms with Crippen LogP contribution in [0.1, 0.15) is 22.8 Å². The Bertz CT molecular complexity index is 865. The minimum absolute atomic E-state index is 0.102. The van der Waals surface area contributed by atoms with Crippen molar-refractivity contribution in [3.8, 4) is 11.5 Å². The van der Waals surface area contributed by atoms with Gasteiger partial charge in [-0.2, -0.15) is 0 Å². The van der Waals surface area contributed by atoms with Crippen LogP contribution in [0.5, 0.6) is 11.5 Å². The number of amides is 1. The monoisotopic (exact) mass is 407 g/mol. The van der Waals surface area contributed by atoms with Gasteiger partial charge in [-0.25, -0.2) is 0 Å². The first-order chi connectivity index (χ1) is 12.9. The van der Waals surface area contributed by atoms with Gasteiger partial charge in [-0.05, 0) is 48.9 Å². The highest BCUT2D eigenvalue weighted by molar-refractivity contribution is 6.42. The van der Waals surface area contributed by atoms with Crippen LogP contribution in [0, 0.1) is 0 Å². The maximum absolute atomic E-state index is 12.3. The number of hydrogen-bond donors (Lipinski definition) is 1. The number of ketones is 1. The molecule has 0 saturated heterocycles. The number of hydrogen-bond acceptors (Lipinski definition) is 4. The van der Waals surface area contributed by atoms with Crippen molar-refractivity contribution in [3.63, 3.8) is 0 Å². The summed E-state index contributed by atoms with van der Waals surface area (Å²) in [5, 5.41) is 3.37. The summed E-state index contributed by atoms with van der Waals surface area (Å²) in [6.45, 7) is 2.27. The summed E-state index contributed by atoms with van der Waals surface area (Å²) >= 11 is 11.8. The van der Waals surface area contributed by atoms with E-state index in [0.717, 1.165) is 5.56 Å². The maximum atomic E-state index is 12.3. The summed E-state index contributed by atoms with van der Waals surface area (Å²) in [6, 6.07) is 9.87. The molecule has 0 spiro atoms. The van der Waals surface area contributed by atoms with Crippen molar-refractivity contribution in [2.75, 3.05) is 20.3 Å². The molecular weight excluding hydrogens is 389 g/mol. The summed E-state index contributed by atoms with van der Waals surface area (Å²) in [6.07, 6.45) is 3.09. The van der Waals surface area contributed by atoms with Crippen LogP contribution in [0.2, 0.25) is 10.0 Å². The normalized spacial score (nSPS) is 10.7. The minimum atomic E-state index is -0.212. The van der Waals surface area contributed by atoms with Crippen LogP contribution in [0.15, 0.2) is 42.5 Å². The molecule has 0 aromatic heterocycles. The lowest BCUT2D eigenvalue weighted by molar-refractivity contribution is -0.123. The van der Waals surface area contributed by atoms with Crippen LogP contribution >= 0.6 is 23.2 Å². The molecule has 0 heterocycles. The van der Waals surface area contributed by atoms with Gasteiger partial charge in [0.25, 0.3) is 5.91 Å². The first-order valence-electron chi connectivity index (χ1n) is 8.19. The van der Waals surface area contributed by atoms with Crippen LogP contribution in [0.4, 0.5) is 0 Å². The van der Waals surface area contributed by atoms with E-state index < -0.39 is 0 Å². The van der Waals surface area contributed by atoms with Gasteiger partial charge in [-0.15, -0.1) is 0 Å². The Morgan fingerprint density at radius 1 is 1.07 bits per heavy atom.